The van der Waals surface area contributed by atoms with Crippen LogP contribution in [0.2, 0.25) is 0 Å². The summed E-state index contributed by atoms with van der Waals surface area (Å²) < 4.78 is 0. The Morgan fingerprint density at radius 1 is 1.25 bits per heavy atom. The van der Waals surface area contributed by atoms with Crippen molar-refractivity contribution in [1.82, 2.24) is 10.2 Å². The molecule has 0 unspecified atom stereocenters. The maximum Gasteiger partial charge on any atom is 0.222 e. The van der Waals surface area contributed by atoms with Crippen molar-refractivity contribution < 1.29 is 4.79 Å². The molecule has 1 aliphatic heterocycles. The van der Waals surface area contributed by atoms with Crippen molar-refractivity contribution in [1.29, 1.82) is 0 Å². The van der Waals surface area contributed by atoms with E-state index in [-0.39, 0.29) is 0 Å². The Bertz CT molecular complexity index is 198. The highest BCUT2D eigenvalue weighted by Crippen LogP contribution is 2.12. The summed E-state index contributed by atoms with van der Waals surface area (Å²) in [6.45, 7) is 4.08. The number of amides is 1. The second-order valence-corrected chi connectivity index (χ2v) is 4.75. The lowest BCUT2D eigenvalue weighted by Gasteiger charge is -2.31. The largest absolute Gasteiger partial charge is 0.343 e. The third-order valence-corrected chi connectivity index (χ3v) is 3.50. The zero-order valence-electron chi connectivity index (χ0n) is 10.8. The van der Waals surface area contributed by atoms with Gasteiger partial charge in [-0.25, -0.2) is 0 Å². The molecule has 0 spiro atoms. The fraction of sp³-hybridized carbons (Fsp3) is 0.923. The number of carbonyl (C=O) groups is 1. The van der Waals surface area contributed by atoms with Crippen LogP contribution < -0.4 is 5.32 Å². The average molecular weight is 226 g/mol. The summed E-state index contributed by atoms with van der Waals surface area (Å²) >= 11 is 0. The van der Waals surface area contributed by atoms with Crippen LogP contribution >= 0.6 is 0 Å². The standard InChI is InChI=1S/C13H26N2O/c1-3-4-5-6-7-13(16)15-10-8-12(14-2)9-11-15/h12,14H,3-11H2,1-2H3. The van der Waals surface area contributed by atoms with Crippen LogP contribution in [-0.4, -0.2) is 37.0 Å². The van der Waals surface area contributed by atoms with Crippen LogP contribution in [0.1, 0.15) is 51.9 Å². The lowest BCUT2D eigenvalue weighted by Crippen LogP contribution is -2.43. The number of nitrogens with zero attached hydrogens (tertiary/aromatic N) is 1. The summed E-state index contributed by atoms with van der Waals surface area (Å²) in [7, 11) is 2.01. The molecular formula is C13H26N2O. The molecule has 0 aromatic heterocycles. The molecule has 0 saturated carbocycles. The lowest BCUT2D eigenvalue weighted by molar-refractivity contribution is -0.132. The molecule has 0 aromatic rings. The Hall–Kier alpha value is -0.570. The molecule has 1 heterocycles. The fourth-order valence-corrected chi connectivity index (χ4v) is 2.28. The fourth-order valence-electron chi connectivity index (χ4n) is 2.28. The minimum Gasteiger partial charge on any atom is -0.343 e. The molecule has 0 atom stereocenters. The predicted octanol–water partition coefficient (Wildman–Crippen LogP) is 2.17. The summed E-state index contributed by atoms with van der Waals surface area (Å²) in [5.74, 6) is 0.366. The molecule has 1 fully saturated rings. The summed E-state index contributed by atoms with van der Waals surface area (Å²) in [4.78, 5) is 13.9. The van der Waals surface area contributed by atoms with E-state index in [4.69, 9.17) is 0 Å². The Morgan fingerprint density at radius 2 is 1.94 bits per heavy atom. The van der Waals surface area contributed by atoms with Crippen molar-refractivity contribution in [3.05, 3.63) is 0 Å². The highest BCUT2D eigenvalue weighted by atomic mass is 16.2. The van der Waals surface area contributed by atoms with E-state index in [1.807, 2.05) is 11.9 Å². The Labute approximate surface area is 99.6 Å². The van der Waals surface area contributed by atoms with E-state index >= 15 is 0 Å². The third kappa shape index (κ3) is 4.52. The van der Waals surface area contributed by atoms with Gasteiger partial charge >= 0.3 is 0 Å². The van der Waals surface area contributed by atoms with Crippen molar-refractivity contribution in [2.24, 2.45) is 0 Å². The van der Waals surface area contributed by atoms with Gasteiger partial charge in [-0.3, -0.25) is 4.79 Å². The van der Waals surface area contributed by atoms with Crippen LogP contribution in [0.15, 0.2) is 0 Å². The van der Waals surface area contributed by atoms with Gasteiger partial charge in [0.05, 0.1) is 0 Å². The Morgan fingerprint density at radius 3 is 2.50 bits per heavy atom. The Balaban J connectivity index is 2.13. The molecule has 3 nitrogen and oxygen atoms in total. The molecule has 0 bridgehead atoms. The molecule has 0 aromatic carbocycles. The second kappa shape index (κ2) is 7.66. The zero-order chi connectivity index (χ0) is 11.8. The van der Waals surface area contributed by atoms with E-state index in [0.29, 0.717) is 11.9 Å². The van der Waals surface area contributed by atoms with Crippen molar-refractivity contribution >= 4 is 5.91 Å². The quantitative estimate of drug-likeness (QED) is 0.704. The van der Waals surface area contributed by atoms with E-state index in [1.54, 1.807) is 0 Å². The number of rotatable bonds is 6. The molecule has 0 radical (unpaired) electrons. The molecule has 16 heavy (non-hydrogen) atoms. The van der Waals surface area contributed by atoms with Crippen molar-refractivity contribution in [2.75, 3.05) is 20.1 Å². The van der Waals surface area contributed by atoms with Crippen molar-refractivity contribution in [3.8, 4) is 0 Å². The number of hydrogen-bond acceptors (Lipinski definition) is 2. The van der Waals surface area contributed by atoms with Crippen LogP contribution in [0, 0.1) is 0 Å². The Kier molecular flexibility index (Phi) is 6.46. The van der Waals surface area contributed by atoms with E-state index in [2.05, 4.69) is 12.2 Å². The van der Waals surface area contributed by atoms with Gasteiger partial charge in [0.25, 0.3) is 0 Å². The monoisotopic (exact) mass is 226 g/mol. The number of nitrogens with one attached hydrogen (secondary N) is 1. The lowest BCUT2D eigenvalue weighted by atomic mass is 10.0. The van der Waals surface area contributed by atoms with E-state index < -0.39 is 0 Å². The van der Waals surface area contributed by atoms with Gasteiger partial charge in [0, 0.05) is 25.6 Å². The minimum absolute atomic E-state index is 0.366. The van der Waals surface area contributed by atoms with Gasteiger partial charge in [-0.2, -0.15) is 0 Å². The summed E-state index contributed by atoms with van der Waals surface area (Å²) in [6.07, 6.45) is 7.74. The van der Waals surface area contributed by atoms with Crippen LogP contribution in [0.4, 0.5) is 0 Å². The van der Waals surface area contributed by atoms with Gasteiger partial charge in [-0.05, 0) is 26.3 Å². The number of piperidine rings is 1. The van der Waals surface area contributed by atoms with Crippen LogP contribution in [0.25, 0.3) is 0 Å². The normalized spacial score (nSPS) is 17.8. The maximum atomic E-state index is 11.9. The number of carbonyl (C=O) groups excluding carboxylic acids is 1. The van der Waals surface area contributed by atoms with Gasteiger partial charge < -0.3 is 10.2 Å². The first-order valence-electron chi connectivity index (χ1n) is 6.73. The molecule has 1 rings (SSSR count). The van der Waals surface area contributed by atoms with Gasteiger partial charge in [0.1, 0.15) is 0 Å². The van der Waals surface area contributed by atoms with Crippen LogP contribution in [0.5, 0.6) is 0 Å². The maximum absolute atomic E-state index is 11.9. The van der Waals surface area contributed by atoms with E-state index in [0.717, 1.165) is 38.8 Å². The van der Waals surface area contributed by atoms with E-state index in [9.17, 15) is 4.79 Å². The zero-order valence-corrected chi connectivity index (χ0v) is 10.8. The summed E-state index contributed by atoms with van der Waals surface area (Å²) in [5.41, 5.74) is 0. The number of hydrogen-bond donors (Lipinski definition) is 1. The second-order valence-electron chi connectivity index (χ2n) is 4.75. The molecule has 3 heteroatoms. The molecule has 0 aliphatic carbocycles. The third-order valence-electron chi connectivity index (χ3n) is 3.50. The number of likely N-dealkylation sites (tertiary alicyclic amines) is 1. The summed E-state index contributed by atoms with van der Waals surface area (Å²) in [5, 5.41) is 3.29. The van der Waals surface area contributed by atoms with Gasteiger partial charge in [-0.1, -0.05) is 26.2 Å². The first-order valence-corrected chi connectivity index (χ1v) is 6.73. The SMILES string of the molecule is CCCCCCC(=O)N1CCC(NC)CC1. The molecule has 94 valence electrons. The first kappa shape index (κ1) is 13.5. The van der Waals surface area contributed by atoms with Crippen LogP contribution in [-0.2, 0) is 4.79 Å². The predicted molar refractivity (Wildman–Crippen MR) is 67.4 cm³/mol. The first-order chi connectivity index (χ1) is 7.77. The molecule has 1 saturated heterocycles. The van der Waals surface area contributed by atoms with E-state index in [1.165, 1.54) is 19.3 Å². The topological polar surface area (TPSA) is 32.3 Å². The molecule has 1 amide bonds. The highest BCUT2D eigenvalue weighted by molar-refractivity contribution is 5.76. The molecule has 1 N–H and O–H groups in total. The number of unbranched alkanes of at least 4 members (excludes halogenated alkanes) is 3. The molecular weight excluding hydrogens is 200 g/mol. The van der Waals surface area contributed by atoms with Crippen LogP contribution in [0.3, 0.4) is 0 Å². The smallest absolute Gasteiger partial charge is 0.222 e. The minimum atomic E-state index is 0.366. The van der Waals surface area contributed by atoms with Gasteiger partial charge in [0.2, 0.25) is 5.91 Å². The highest BCUT2D eigenvalue weighted by Gasteiger charge is 2.20. The summed E-state index contributed by atoms with van der Waals surface area (Å²) in [6, 6.07) is 0.615. The van der Waals surface area contributed by atoms with Crippen molar-refractivity contribution in [2.45, 2.75) is 57.9 Å². The van der Waals surface area contributed by atoms with Gasteiger partial charge in [0.15, 0.2) is 0 Å². The van der Waals surface area contributed by atoms with Gasteiger partial charge in [-0.15, -0.1) is 0 Å². The molecule has 1 aliphatic rings. The van der Waals surface area contributed by atoms with Crippen molar-refractivity contribution in [3.63, 3.8) is 0 Å². The average Bonchev–Trinajstić information content (AvgIpc) is 2.34.